The second-order valence-electron chi connectivity index (χ2n) is 5.26. The molecule has 0 amide bonds. The fourth-order valence-corrected chi connectivity index (χ4v) is 1.68. The summed E-state index contributed by atoms with van der Waals surface area (Å²) in [6.45, 7) is 6.26. The van der Waals surface area contributed by atoms with Crippen molar-refractivity contribution in [3.8, 4) is 0 Å². The summed E-state index contributed by atoms with van der Waals surface area (Å²) in [5.74, 6) is -2.04. The molecular formula is C18H22O7. The van der Waals surface area contributed by atoms with Crippen molar-refractivity contribution in [2.24, 2.45) is 0 Å². The van der Waals surface area contributed by atoms with Crippen molar-refractivity contribution in [1.82, 2.24) is 0 Å². The lowest BCUT2D eigenvalue weighted by molar-refractivity contribution is -0.140. The first kappa shape index (κ1) is 20.4. The quantitative estimate of drug-likeness (QED) is 0.314. The van der Waals surface area contributed by atoms with E-state index in [0.717, 1.165) is 0 Å². The molecule has 0 saturated heterocycles. The highest BCUT2D eigenvalue weighted by molar-refractivity contribution is 6.03. The lowest BCUT2D eigenvalue weighted by atomic mass is 10.1. The van der Waals surface area contributed by atoms with Crippen LogP contribution in [-0.4, -0.2) is 48.9 Å². The van der Waals surface area contributed by atoms with E-state index in [2.05, 4.69) is 6.58 Å². The van der Waals surface area contributed by atoms with E-state index in [9.17, 15) is 19.5 Å². The molecule has 1 rings (SSSR count). The number of rotatable bonds is 9. The van der Waals surface area contributed by atoms with Crippen molar-refractivity contribution in [3.63, 3.8) is 0 Å². The van der Waals surface area contributed by atoms with E-state index in [0.29, 0.717) is 6.42 Å². The van der Waals surface area contributed by atoms with Crippen LogP contribution in [0.15, 0.2) is 36.4 Å². The van der Waals surface area contributed by atoms with Crippen molar-refractivity contribution in [3.05, 3.63) is 47.5 Å². The second kappa shape index (κ2) is 10.2. The normalized spacial score (nSPS) is 11.3. The maximum absolute atomic E-state index is 12.1. The van der Waals surface area contributed by atoms with Gasteiger partial charge in [-0.25, -0.2) is 14.4 Å². The van der Waals surface area contributed by atoms with E-state index in [1.165, 1.54) is 19.1 Å². The van der Waals surface area contributed by atoms with Gasteiger partial charge < -0.3 is 19.3 Å². The minimum absolute atomic E-state index is 0.0321. The molecule has 25 heavy (non-hydrogen) atoms. The smallest absolute Gasteiger partial charge is 0.339 e. The summed E-state index contributed by atoms with van der Waals surface area (Å²) in [6.07, 6.45) is -0.314. The molecule has 7 heteroatoms. The summed E-state index contributed by atoms with van der Waals surface area (Å²) in [7, 11) is 0. The molecule has 0 aliphatic heterocycles. The van der Waals surface area contributed by atoms with Crippen LogP contribution in [0, 0.1) is 0 Å². The number of aliphatic hydroxyl groups excluding tert-OH is 1. The van der Waals surface area contributed by atoms with Gasteiger partial charge in [-0.1, -0.05) is 25.6 Å². The SMILES string of the molecule is C=C(C)C(=O)OCCOC(=O)c1ccccc1C(=O)OCC(O)CC. The average Bonchev–Trinajstić information content (AvgIpc) is 2.62. The molecule has 0 aromatic heterocycles. The molecular weight excluding hydrogens is 328 g/mol. The van der Waals surface area contributed by atoms with Crippen molar-refractivity contribution < 1.29 is 33.7 Å². The first-order chi connectivity index (χ1) is 11.9. The van der Waals surface area contributed by atoms with E-state index < -0.39 is 24.0 Å². The van der Waals surface area contributed by atoms with Crippen molar-refractivity contribution in [2.45, 2.75) is 26.4 Å². The lowest BCUT2D eigenvalue weighted by Crippen LogP contribution is -2.20. The fraction of sp³-hybridized carbons (Fsp3) is 0.389. The number of benzene rings is 1. The van der Waals surface area contributed by atoms with Crippen LogP contribution in [0.2, 0.25) is 0 Å². The van der Waals surface area contributed by atoms with Crippen LogP contribution in [0.25, 0.3) is 0 Å². The third-order valence-corrected chi connectivity index (χ3v) is 3.14. The Kier molecular flexibility index (Phi) is 8.35. The van der Waals surface area contributed by atoms with Gasteiger partial charge in [0.25, 0.3) is 0 Å². The highest BCUT2D eigenvalue weighted by atomic mass is 16.6. The van der Waals surface area contributed by atoms with Gasteiger partial charge in [0.1, 0.15) is 19.8 Å². The van der Waals surface area contributed by atoms with Crippen molar-refractivity contribution >= 4 is 17.9 Å². The van der Waals surface area contributed by atoms with Crippen LogP contribution in [0.1, 0.15) is 41.0 Å². The standard InChI is InChI=1S/C18H22O7/c1-4-13(19)11-25-18(22)15-8-6-5-7-14(15)17(21)24-10-9-23-16(20)12(2)3/h5-8,13,19H,2,4,9-11H2,1,3H3. The van der Waals surface area contributed by atoms with Gasteiger partial charge in [-0.05, 0) is 25.5 Å². The highest BCUT2D eigenvalue weighted by Gasteiger charge is 2.19. The zero-order chi connectivity index (χ0) is 18.8. The molecule has 7 nitrogen and oxygen atoms in total. The number of carbonyl (C=O) groups excluding carboxylic acids is 3. The molecule has 1 aromatic carbocycles. The molecule has 0 radical (unpaired) electrons. The Morgan fingerprint density at radius 2 is 1.56 bits per heavy atom. The maximum Gasteiger partial charge on any atom is 0.339 e. The van der Waals surface area contributed by atoms with Crippen LogP contribution in [-0.2, 0) is 19.0 Å². The van der Waals surface area contributed by atoms with Crippen LogP contribution in [0.3, 0.4) is 0 Å². The molecule has 0 saturated carbocycles. The van der Waals surface area contributed by atoms with Gasteiger partial charge >= 0.3 is 17.9 Å². The topological polar surface area (TPSA) is 99.1 Å². The molecule has 1 aromatic rings. The monoisotopic (exact) mass is 350 g/mol. The predicted octanol–water partition coefficient (Wildman–Crippen LogP) is 1.89. The Balaban J connectivity index is 2.62. The van der Waals surface area contributed by atoms with Crippen LogP contribution < -0.4 is 0 Å². The minimum Gasteiger partial charge on any atom is -0.459 e. The van der Waals surface area contributed by atoms with E-state index in [1.54, 1.807) is 19.1 Å². The Morgan fingerprint density at radius 1 is 1.04 bits per heavy atom. The molecule has 1 atom stereocenters. The average molecular weight is 350 g/mol. The number of hydrogen-bond donors (Lipinski definition) is 1. The van der Waals surface area contributed by atoms with Gasteiger partial charge in [0.15, 0.2) is 0 Å². The summed E-state index contributed by atoms with van der Waals surface area (Å²) in [5.41, 5.74) is 0.313. The van der Waals surface area contributed by atoms with Crippen LogP contribution in [0.5, 0.6) is 0 Å². The largest absolute Gasteiger partial charge is 0.459 e. The van der Waals surface area contributed by atoms with Gasteiger partial charge in [-0.15, -0.1) is 0 Å². The molecule has 136 valence electrons. The number of ether oxygens (including phenoxy) is 3. The van der Waals surface area contributed by atoms with Gasteiger partial charge in [0.2, 0.25) is 0 Å². The fourth-order valence-electron chi connectivity index (χ4n) is 1.68. The van der Waals surface area contributed by atoms with Crippen molar-refractivity contribution in [1.29, 1.82) is 0 Å². The third-order valence-electron chi connectivity index (χ3n) is 3.14. The van der Waals surface area contributed by atoms with Crippen LogP contribution >= 0.6 is 0 Å². The number of hydrogen-bond acceptors (Lipinski definition) is 7. The van der Waals surface area contributed by atoms with Gasteiger partial charge in [0.05, 0.1) is 17.2 Å². The maximum atomic E-state index is 12.1. The molecule has 0 heterocycles. The summed E-state index contributed by atoms with van der Waals surface area (Å²) < 4.78 is 14.8. The Bertz CT molecular complexity index is 636. The zero-order valence-electron chi connectivity index (χ0n) is 14.3. The summed E-state index contributed by atoms with van der Waals surface area (Å²) >= 11 is 0. The molecule has 1 unspecified atom stereocenters. The number of aliphatic hydroxyl groups is 1. The lowest BCUT2D eigenvalue weighted by Gasteiger charge is -2.11. The Labute approximate surface area is 146 Å². The molecule has 0 spiro atoms. The number of carbonyl (C=O) groups is 3. The van der Waals surface area contributed by atoms with Crippen LogP contribution in [0.4, 0.5) is 0 Å². The molecule has 0 aliphatic rings. The van der Waals surface area contributed by atoms with E-state index >= 15 is 0 Å². The summed E-state index contributed by atoms with van der Waals surface area (Å²) in [6, 6.07) is 6.01. The summed E-state index contributed by atoms with van der Waals surface area (Å²) in [4.78, 5) is 35.4. The molecule has 0 aliphatic carbocycles. The third kappa shape index (κ3) is 6.76. The van der Waals surface area contributed by atoms with E-state index in [1.807, 2.05) is 0 Å². The predicted molar refractivity (Wildman–Crippen MR) is 89.1 cm³/mol. The number of esters is 3. The molecule has 0 fully saturated rings. The molecule has 1 N–H and O–H groups in total. The van der Waals surface area contributed by atoms with E-state index in [-0.39, 0.29) is 36.5 Å². The van der Waals surface area contributed by atoms with E-state index in [4.69, 9.17) is 14.2 Å². The first-order valence-electron chi connectivity index (χ1n) is 7.80. The highest BCUT2D eigenvalue weighted by Crippen LogP contribution is 2.12. The van der Waals surface area contributed by atoms with Crippen molar-refractivity contribution in [2.75, 3.05) is 19.8 Å². The van der Waals surface area contributed by atoms with Gasteiger partial charge in [0, 0.05) is 5.57 Å². The first-order valence-corrected chi connectivity index (χ1v) is 7.80. The Hall–Kier alpha value is -2.67. The zero-order valence-corrected chi connectivity index (χ0v) is 14.3. The van der Waals surface area contributed by atoms with Gasteiger partial charge in [-0.2, -0.15) is 0 Å². The Morgan fingerprint density at radius 3 is 2.08 bits per heavy atom. The summed E-state index contributed by atoms with van der Waals surface area (Å²) in [5, 5.41) is 9.44. The molecule has 0 bridgehead atoms. The second-order valence-corrected chi connectivity index (χ2v) is 5.26. The van der Waals surface area contributed by atoms with Gasteiger partial charge in [-0.3, -0.25) is 0 Å². The minimum atomic E-state index is -0.758.